The highest BCUT2D eigenvalue weighted by Crippen LogP contribution is 2.28. The first-order valence-electron chi connectivity index (χ1n) is 4.96. The molecule has 0 spiro atoms. The lowest BCUT2D eigenvalue weighted by Crippen LogP contribution is -2.35. The fraction of sp³-hybridized carbons (Fsp3) is 0.364. The zero-order valence-corrected chi connectivity index (χ0v) is 10.2. The number of nitrogens with one attached hydrogen (secondary N) is 1. The zero-order chi connectivity index (χ0) is 13.0. The molecule has 0 unspecified atom stereocenters. The fourth-order valence-corrected chi connectivity index (χ4v) is 1.70. The minimum Gasteiger partial charge on any atom is -0.495 e. The summed E-state index contributed by atoms with van der Waals surface area (Å²) < 4.78 is 4.98. The molecule has 0 fully saturated rings. The smallest absolute Gasteiger partial charge is 0.404 e. The molecule has 0 aliphatic heterocycles. The SMILES string of the molecule is COc1ccc([C@@H](O)[C@H](C)NC(=O)O)cc1Cl. The molecule has 1 rings (SSSR count). The van der Waals surface area contributed by atoms with Crippen LogP contribution >= 0.6 is 11.6 Å². The van der Waals surface area contributed by atoms with Gasteiger partial charge in [0.2, 0.25) is 0 Å². The van der Waals surface area contributed by atoms with Crippen LogP contribution in [0.2, 0.25) is 5.02 Å². The number of hydrogen-bond donors (Lipinski definition) is 3. The van der Waals surface area contributed by atoms with Crippen molar-refractivity contribution in [2.24, 2.45) is 0 Å². The van der Waals surface area contributed by atoms with Crippen LogP contribution in [0.15, 0.2) is 18.2 Å². The van der Waals surface area contributed by atoms with E-state index in [2.05, 4.69) is 5.32 Å². The normalized spacial score (nSPS) is 13.9. The maximum atomic E-state index is 10.4. The van der Waals surface area contributed by atoms with E-state index in [0.29, 0.717) is 16.3 Å². The number of hydrogen-bond acceptors (Lipinski definition) is 3. The van der Waals surface area contributed by atoms with Gasteiger partial charge >= 0.3 is 6.09 Å². The van der Waals surface area contributed by atoms with Crippen molar-refractivity contribution in [1.29, 1.82) is 0 Å². The van der Waals surface area contributed by atoms with Crippen LogP contribution in [0, 0.1) is 0 Å². The molecular formula is C11H14ClNO4. The van der Waals surface area contributed by atoms with Crippen molar-refractivity contribution in [3.63, 3.8) is 0 Å². The summed E-state index contributed by atoms with van der Waals surface area (Å²) in [6.45, 7) is 1.57. The van der Waals surface area contributed by atoms with Crippen LogP contribution in [0.1, 0.15) is 18.6 Å². The van der Waals surface area contributed by atoms with Gasteiger partial charge < -0.3 is 20.3 Å². The number of rotatable bonds is 4. The van der Waals surface area contributed by atoms with E-state index in [1.54, 1.807) is 25.1 Å². The van der Waals surface area contributed by atoms with E-state index in [-0.39, 0.29) is 0 Å². The van der Waals surface area contributed by atoms with Gasteiger partial charge in [-0.2, -0.15) is 0 Å². The van der Waals surface area contributed by atoms with Crippen LogP contribution in [0.25, 0.3) is 0 Å². The Labute approximate surface area is 104 Å². The lowest BCUT2D eigenvalue weighted by atomic mass is 10.0. The number of halogens is 1. The highest BCUT2D eigenvalue weighted by atomic mass is 35.5. The maximum Gasteiger partial charge on any atom is 0.404 e. The molecule has 1 aromatic carbocycles. The van der Waals surface area contributed by atoms with Crippen molar-refractivity contribution in [3.8, 4) is 5.75 Å². The topological polar surface area (TPSA) is 78.8 Å². The van der Waals surface area contributed by atoms with Crippen LogP contribution in [0.4, 0.5) is 4.79 Å². The Bertz CT molecular complexity index is 410. The zero-order valence-electron chi connectivity index (χ0n) is 9.48. The molecule has 0 aliphatic carbocycles. The highest BCUT2D eigenvalue weighted by Gasteiger charge is 2.19. The number of methoxy groups -OCH3 is 1. The largest absolute Gasteiger partial charge is 0.495 e. The second kappa shape index (κ2) is 5.75. The molecule has 17 heavy (non-hydrogen) atoms. The molecule has 0 heterocycles. The van der Waals surface area contributed by atoms with Crippen LogP contribution in [0.5, 0.6) is 5.75 Å². The van der Waals surface area contributed by atoms with Gasteiger partial charge in [0.15, 0.2) is 0 Å². The van der Waals surface area contributed by atoms with Gasteiger partial charge in [0.25, 0.3) is 0 Å². The molecule has 1 amide bonds. The molecule has 6 heteroatoms. The Hall–Kier alpha value is -1.46. The summed E-state index contributed by atoms with van der Waals surface area (Å²) in [5, 5.41) is 21.0. The third-order valence-corrected chi connectivity index (χ3v) is 2.64. The van der Waals surface area contributed by atoms with Gasteiger partial charge in [-0.05, 0) is 24.6 Å². The van der Waals surface area contributed by atoms with E-state index < -0.39 is 18.2 Å². The average Bonchev–Trinajstić information content (AvgIpc) is 2.27. The first-order chi connectivity index (χ1) is 7.95. The monoisotopic (exact) mass is 259 g/mol. The molecule has 0 aromatic heterocycles. The molecule has 0 saturated heterocycles. The maximum absolute atomic E-state index is 10.4. The summed E-state index contributed by atoms with van der Waals surface area (Å²) in [7, 11) is 1.49. The number of aliphatic hydroxyl groups excluding tert-OH is 1. The third-order valence-electron chi connectivity index (χ3n) is 2.34. The fourth-order valence-electron chi connectivity index (χ4n) is 1.43. The molecule has 5 nitrogen and oxygen atoms in total. The van der Waals surface area contributed by atoms with Crippen molar-refractivity contribution in [2.75, 3.05) is 7.11 Å². The Morgan fingerprint density at radius 2 is 2.18 bits per heavy atom. The van der Waals surface area contributed by atoms with E-state index in [1.165, 1.54) is 7.11 Å². The summed E-state index contributed by atoms with van der Waals surface area (Å²) in [5.41, 5.74) is 0.525. The van der Waals surface area contributed by atoms with Gasteiger partial charge in [0.1, 0.15) is 5.75 Å². The standard InChI is InChI=1S/C11H14ClNO4/c1-6(13-11(15)16)10(14)7-3-4-9(17-2)8(12)5-7/h3-6,10,13-14H,1-2H3,(H,15,16)/t6-,10-/m0/s1. The molecule has 94 valence electrons. The van der Waals surface area contributed by atoms with Crippen molar-refractivity contribution >= 4 is 17.7 Å². The summed E-state index contributed by atoms with van der Waals surface area (Å²) in [6, 6.07) is 4.17. The second-order valence-corrected chi connectivity index (χ2v) is 3.98. The lowest BCUT2D eigenvalue weighted by Gasteiger charge is -2.19. The van der Waals surface area contributed by atoms with Crippen LogP contribution in [0.3, 0.4) is 0 Å². The predicted octanol–water partition coefficient (Wildman–Crippen LogP) is 2.04. The first-order valence-corrected chi connectivity index (χ1v) is 5.34. The predicted molar refractivity (Wildman–Crippen MR) is 63.6 cm³/mol. The quantitative estimate of drug-likeness (QED) is 0.773. The molecule has 3 N–H and O–H groups in total. The van der Waals surface area contributed by atoms with Gasteiger partial charge in [-0.3, -0.25) is 0 Å². The third kappa shape index (κ3) is 3.51. The minimum atomic E-state index is -1.18. The Kier molecular flexibility index (Phi) is 4.60. The molecule has 2 atom stereocenters. The first kappa shape index (κ1) is 13.6. The Morgan fingerprint density at radius 3 is 2.65 bits per heavy atom. The van der Waals surface area contributed by atoms with Crippen molar-refractivity contribution in [3.05, 3.63) is 28.8 Å². The lowest BCUT2D eigenvalue weighted by molar-refractivity contribution is 0.127. The molecule has 0 saturated carbocycles. The summed E-state index contributed by atoms with van der Waals surface area (Å²) in [4.78, 5) is 10.4. The van der Waals surface area contributed by atoms with Gasteiger partial charge in [0, 0.05) is 0 Å². The van der Waals surface area contributed by atoms with E-state index in [0.717, 1.165) is 0 Å². The Morgan fingerprint density at radius 1 is 1.53 bits per heavy atom. The van der Waals surface area contributed by atoms with Gasteiger partial charge in [-0.1, -0.05) is 17.7 Å². The second-order valence-electron chi connectivity index (χ2n) is 3.58. The number of carbonyl (C=O) groups is 1. The van der Waals surface area contributed by atoms with Gasteiger partial charge in [-0.25, -0.2) is 4.79 Å². The van der Waals surface area contributed by atoms with Crippen LogP contribution in [-0.2, 0) is 0 Å². The van der Waals surface area contributed by atoms with Crippen molar-refractivity contribution in [2.45, 2.75) is 19.1 Å². The molecule has 0 radical (unpaired) electrons. The van der Waals surface area contributed by atoms with E-state index in [4.69, 9.17) is 21.4 Å². The summed E-state index contributed by atoms with van der Waals surface area (Å²) in [5.74, 6) is 0.501. The number of aliphatic hydroxyl groups is 1. The molecule has 1 aromatic rings. The van der Waals surface area contributed by atoms with E-state index in [1.807, 2.05) is 0 Å². The van der Waals surface area contributed by atoms with Crippen molar-refractivity contribution < 1.29 is 19.7 Å². The number of amides is 1. The van der Waals surface area contributed by atoms with Gasteiger partial charge in [0.05, 0.1) is 24.3 Å². The van der Waals surface area contributed by atoms with Crippen LogP contribution < -0.4 is 10.1 Å². The molecule has 0 bridgehead atoms. The summed E-state index contributed by atoms with van der Waals surface area (Å²) in [6.07, 6.45) is -2.15. The van der Waals surface area contributed by atoms with E-state index in [9.17, 15) is 9.90 Å². The highest BCUT2D eigenvalue weighted by molar-refractivity contribution is 6.32. The number of carboxylic acid groups (broad SMARTS) is 1. The molecular weight excluding hydrogens is 246 g/mol. The number of ether oxygens (including phenoxy) is 1. The minimum absolute atomic E-state index is 0.367. The van der Waals surface area contributed by atoms with E-state index >= 15 is 0 Å². The van der Waals surface area contributed by atoms with Gasteiger partial charge in [-0.15, -0.1) is 0 Å². The Balaban J connectivity index is 2.85. The van der Waals surface area contributed by atoms with Crippen molar-refractivity contribution in [1.82, 2.24) is 5.32 Å². The number of benzene rings is 1. The summed E-state index contributed by atoms with van der Waals surface area (Å²) >= 11 is 5.91. The molecule has 0 aliphatic rings. The average molecular weight is 260 g/mol. The van der Waals surface area contributed by atoms with Crippen LogP contribution in [-0.4, -0.2) is 29.5 Å².